The Hall–Kier alpha value is -3.43. The molecule has 1 aromatic heterocycles. The van der Waals surface area contributed by atoms with E-state index in [4.69, 9.17) is 0 Å². The van der Waals surface area contributed by atoms with Crippen LogP contribution in [0.15, 0.2) is 33.2 Å². The topological polar surface area (TPSA) is 140 Å². The number of azo groups is 1. The van der Waals surface area contributed by atoms with Crippen molar-refractivity contribution in [2.75, 3.05) is 13.1 Å². The van der Waals surface area contributed by atoms with Gasteiger partial charge in [-0.15, -0.1) is 10.2 Å². The third kappa shape index (κ3) is 4.76. The maximum Gasteiger partial charge on any atom is 0.306 e. The SMILES string of the molecule is CC(=O)N1CCC(n2[nH]c(C)c(N=Nc3cccc(C4CCCC(C(=O)O)C4)c3O)c2=O)CC1. The lowest BCUT2D eigenvalue weighted by molar-refractivity contribution is -0.143. The Morgan fingerprint density at radius 2 is 1.85 bits per heavy atom. The predicted octanol–water partition coefficient (Wildman–Crippen LogP) is 4.15. The number of benzene rings is 1. The number of piperidine rings is 1. The number of nitrogens with zero attached hydrogens (tertiary/aromatic N) is 4. The van der Waals surface area contributed by atoms with Crippen molar-refractivity contribution < 1.29 is 19.8 Å². The maximum atomic E-state index is 13.0. The average Bonchev–Trinajstić information content (AvgIpc) is 3.11. The third-order valence-corrected chi connectivity index (χ3v) is 7.11. The van der Waals surface area contributed by atoms with Crippen molar-refractivity contribution in [3.05, 3.63) is 39.8 Å². The fraction of sp³-hybridized carbons (Fsp3) is 0.542. The molecule has 2 fully saturated rings. The zero-order valence-electron chi connectivity index (χ0n) is 19.5. The van der Waals surface area contributed by atoms with Crippen LogP contribution in [0, 0.1) is 12.8 Å². The molecular weight excluding hydrogens is 438 g/mol. The van der Waals surface area contributed by atoms with Crippen LogP contribution in [-0.4, -0.2) is 49.9 Å². The van der Waals surface area contributed by atoms with Crippen LogP contribution in [0.3, 0.4) is 0 Å². The summed E-state index contributed by atoms with van der Waals surface area (Å²) in [6, 6.07) is 5.14. The number of carbonyl (C=O) groups excluding carboxylic acids is 1. The highest BCUT2D eigenvalue weighted by molar-refractivity contribution is 5.73. The van der Waals surface area contributed by atoms with Gasteiger partial charge >= 0.3 is 5.97 Å². The Labute approximate surface area is 197 Å². The van der Waals surface area contributed by atoms with Crippen LogP contribution < -0.4 is 5.56 Å². The fourth-order valence-corrected chi connectivity index (χ4v) is 5.13. The standard InChI is InChI=1S/C24H31N5O5/c1-14-21(23(32)29(27-14)18-9-11-28(12-10-18)15(2)30)26-25-20-8-4-7-19(22(20)31)16-5-3-6-17(13-16)24(33)34/h4,7-8,16-18,27,31H,3,5-6,9-13H2,1-2H3,(H,33,34). The molecule has 1 saturated heterocycles. The van der Waals surface area contributed by atoms with Gasteiger partial charge in [0.25, 0.3) is 5.56 Å². The van der Waals surface area contributed by atoms with Gasteiger partial charge in [0.05, 0.1) is 17.7 Å². The normalized spacial score (nSPS) is 21.8. The molecule has 2 atom stereocenters. The highest BCUT2D eigenvalue weighted by Gasteiger charge is 2.30. The first-order valence-electron chi connectivity index (χ1n) is 11.8. The molecule has 0 bridgehead atoms. The van der Waals surface area contributed by atoms with Crippen molar-refractivity contribution in [3.8, 4) is 5.75 Å². The number of aromatic hydroxyl groups is 1. The fourth-order valence-electron chi connectivity index (χ4n) is 5.13. The molecule has 182 valence electrons. The number of aliphatic carboxylic acids is 1. The van der Waals surface area contributed by atoms with Crippen molar-refractivity contribution in [3.63, 3.8) is 0 Å². The molecule has 1 saturated carbocycles. The highest BCUT2D eigenvalue weighted by atomic mass is 16.4. The van der Waals surface area contributed by atoms with Gasteiger partial charge in [0.2, 0.25) is 5.91 Å². The van der Waals surface area contributed by atoms with Gasteiger partial charge in [0.1, 0.15) is 11.4 Å². The van der Waals surface area contributed by atoms with Crippen molar-refractivity contribution in [2.45, 2.75) is 64.3 Å². The summed E-state index contributed by atoms with van der Waals surface area (Å²) in [7, 11) is 0. The lowest BCUT2D eigenvalue weighted by Gasteiger charge is -2.31. The van der Waals surface area contributed by atoms with E-state index in [0.29, 0.717) is 50.0 Å². The summed E-state index contributed by atoms with van der Waals surface area (Å²) >= 11 is 0. The number of carboxylic acids is 1. The summed E-state index contributed by atoms with van der Waals surface area (Å²) in [6.45, 7) is 4.51. The summed E-state index contributed by atoms with van der Waals surface area (Å²) in [5, 5.41) is 31.6. The minimum absolute atomic E-state index is 0.0209. The van der Waals surface area contributed by atoms with Crippen LogP contribution in [0.5, 0.6) is 5.75 Å². The number of aromatic nitrogens is 2. The largest absolute Gasteiger partial charge is 0.505 e. The second-order valence-corrected chi connectivity index (χ2v) is 9.31. The van der Waals surface area contributed by atoms with E-state index >= 15 is 0 Å². The van der Waals surface area contributed by atoms with E-state index in [2.05, 4.69) is 15.3 Å². The number of hydrogen-bond donors (Lipinski definition) is 3. The van der Waals surface area contributed by atoms with E-state index in [1.54, 1.807) is 41.6 Å². The van der Waals surface area contributed by atoms with Crippen molar-refractivity contribution >= 4 is 23.3 Å². The summed E-state index contributed by atoms with van der Waals surface area (Å²) in [5.41, 5.74) is 1.39. The molecule has 1 aliphatic heterocycles. The number of likely N-dealkylation sites (tertiary alicyclic amines) is 1. The van der Waals surface area contributed by atoms with Gasteiger partial charge < -0.3 is 15.1 Å². The number of carbonyl (C=O) groups is 2. The van der Waals surface area contributed by atoms with Gasteiger partial charge in [-0.3, -0.25) is 19.5 Å². The molecule has 0 spiro atoms. The van der Waals surface area contributed by atoms with Crippen LogP contribution in [0.1, 0.15) is 68.7 Å². The van der Waals surface area contributed by atoms with Crippen LogP contribution in [0.2, 0.25) is 0 Å². The number of carboxylic acid groups (broad SMARTS) is 1. The molecule has 2 unspecified atom stereocenters. The van der Waals surface area contributed by atoms with E-state index in [9.17, 15) is 24.6 Å². The highest BCUT2D eigenvalue weighted by Crippen LogP contribution is 2.43. The molecule has 1 aromatic carbocycles. The molecule has 3 N–H and O–H groups in total. The Balaban J connectivity index is 1.53. The lowest BCUT2D eigenvalue weighted by Crippen LogP contribution is -2.39. The van der Waals surface area contributed by atoms with Gasteiger partial charge in [-0.25, -0.2) is 4.68 Å². The average molecular weight is 470 g/mol. The number of aryl methyl sites for hydroxylation is 1. The molecule has 1 aliphatic carbocycles. The van der Waals surface area contributed by atoms with Crippen LogP contribution in [0.4, 0.5) is 11.4 Å². The Morgan fingerprint density at radius 3 is 2.53 bits per heavy atom. The molecule has 4 rings (SSSR count). The van der Waals surface area contributed by atoms with Crippen LogP contribution in [0.25, 0.3) is 0 Å². The van der Waals surface area contributed by atoms with E-state index in [1.165, 1.54) is 0 Å². The lowest BCUT2D eigenvalue weighted by atomic mass is 9.77. The summed E-state index contributed by atoms with van der Waals surface area (Å²) in [5.74, 6) is -1.25. The zero-order chi connectivity index (χ0) is 24.4. The molecule has 2 aliphatic rings. The van der Waals surface area contributed by atoms with Gasteiger partial charge in [-0.1, -0.05) is 18.6 Å². The second-order valence-electron chi connectivity index (χ2n) is 9.31. The molecule has 2 heterocycles. The number of amides is 1. The number of para-hydroxylation sites is 1. The predicted molar refractivity (Wildman–Crippen MR) is 125 cm³/mol. The van der Waals surface area contributed by atoms with Crippen molar-refractivity contribution in [1.82, 2.24) is 14.7 Å². The second kappa shape index (κ2) is 9.82. The van der Waals surface area contributed by atoms with E-state index in [-0.39, 0.29) is 40.6 Å². The number of phenolic OH excluding ortho intramolecular Hbond substituents is 1. The zero-order valence-corrected chi connectivity index (χ0v) is 19.5. The molecule has 10 heteroatoms. The van der Waals surface area contributed by atoms with Gasteiger partial charge in [-0.05, 0) is 56.6 Å². The number of hydrogen-bond acceptors (Lipinski definition) is 6. The Bertz CT molecular complexity index is 1160. The third-order valence-electron chi connectivity index (χ3n) is 7.11. The maximum absolute atomic E-state index is 13.0. The van der Waals surface area contributed by atoms with Gasteiger partial charge in [0, 0.05) is 20.0 Å². The van der Waals surface area contributed by atoms with Crippen molar-refractivity contribution in [2.24, 2.45) is 16.1 Å². The number of phenols is 1. The number of H-pyrrole nitrogens is 1. The van der Waals surface area contributed by atoms with Gasteiger partial charge in [0.15, 0.2) is 5.69 Å². The van der Waals surface area contributed by atoms with Crippen molar-refractivity contribution in [1.29, 1.82) is 0 Å². The van der Waals surface area contributed by atoms with Crippen LogP contribution in [-0.2, 0) is 9.59 Å². The molecule has 2 aromatic rings. The number of aromatic amines is 1. The first-order chi connectivity index (χ1) is 16.3. The first kappa shape index (κ1) is 23.7. The summed E-state index contributed by atoms with van der Waals surface area (Å²) in [6.07, 6.45) is 4.09. The Morgan fingerprint density at radius 1 is 1.12 bits per heavy atom. The Kier molecular flexibility index (Phi) is 6.85. The molecule has 10 nitrogen and oxygen atoms in total. The minimum Gasteiger partial charge on any atom is -0.505 e. The van der Waals surface area contributed by atoms with E-state index < -0.39 is 11.9 Å². The quantitative estimate of drug-likeness (QED) is 0.564. The summed E-state index contributed by atoms with van der Waals surface area (Å²) in [4.78, 5) is 37.8. The first-order valence-corrected chi connectivity index (χ1v) is 11.8. The van der Waals surface area contributed by atoms with E-state index in [1.807, 2.05) is 0 Å². The molecule has 0 radical (unpaired) electrons. The molecule has 1 amide bonds. The molecule has 34 heavy (non-hydrogen) atoms. The number of rotatable bonds is 5. The summed E-state index contributed by atoms with van der Waals surface area (Å²) < 4.78 is 1.56. The molecular formula is C24H31N5O5. The monoisotopic (exact) mass is 469 g/mol. The van der Waals surface area contributed by atoms with E-state index in [0.717, 1.165) is 12.8 Å². The van der Waals surface area contributed by atoms with Gasteiger partial charge in [-0.2, -0.15) is 0 Å². The minimum atomic E-state index is -0.800. The van der Waals surface area contributed by atoms with Crippen LogP contribution >= 0.6 is 0 Å². The number of nitrogens with one attached hydrogen (secondary N) is 1. The smallest absolute Gasteiger partial charge is 0.306 e.